The maximum absolute atomic E-state index is 11.3. The molecule has 2 nitrogen and oxygen atoms in total. The summed E-state index contributed by atoms with van der Waals surface area (Å²) in [6, 6.07) is 3.87. The van der Waals surface area contributed by atoms with Crippen LogP contribution in [0.5, 0.6) is 0 Å². The highest BCUT2D eigenvalue weighted by Gasteiger charge is 2.45. The van der Waals surface area contributed by atoms with E-state index in [4.69, 9.17) is 16.3 Å². The van der Waals surface area contributed by atoms with Gasteiger partial charge in [0, 0.05) is 10.8 Å². The molecule has 0 aliphatic heterocycles. The zero-order valence-electron chi connectivity index (χ0n) is 7.83. The lowest BCUT2D eigenvalue weighted by Gasteiger charge is -1.98. The summed E-state index contributed by atoms with van der Waals surface area (Å²) in [5.41, 5.74) is 0. The summed E-state index contributed by atoms with van der Waals surface area (Å²) in [6.45, 7) is 2.30. The lowest BCUT2D eigenvalue weighted by atomic mass is 10.3. The Balaban J connectivity index is 1.96. The molecule has 14 heavy (non-hydrogen) atoms. The van der Waals surface area contributed by atoms with Crippen LogP contribution in [0.3, 0.4) is 0 Å². The van der Waals surface area contributed by atoms with Crippen LogP contribution in [-0.2, 0) is 9.53 Å². The predicted molar refractivity (Wildman–Crippen MR) is 56.8 cm³/mol. The Hall–Kier alpha value is -0.540. The second kappa shape index (κ2) is 3.91. The molecule has 0 amide bonds. The molecule has 0 spiro atoms. The fraction of sp³-hybridized carbons (Fsp3) is 0.500. The van der Waals surface area contributed by atoms with Crippen LogP contribution in [0.4, 0.5) is 0 Å². The molecule has 1 aromatic heterocycles. The number of rotatable bonds is 3. The number of hydrogen-bond acceptors (Lipinski definition) is 3. The smallest absolute Gasteiger partial charge is 0.309 e. The summed E-state index contributed by atoms with van der Waals surface area (Å²) in [7, 11) is 0. The van der Waals surface area contributed by atoms with Crippen molar-refractivity contribution in [3.05, 3.63) is 21.3 Å². The molecule has 76 valence electrons. The van der Waals surface area contributed by atoms with Crippen LogP contribution in [0.25, 0.3) is 0 Å². The second-order valence-electron chi connectivity index (χ2n) is 3.34. The van der Waals surface area contributed by atoms with Gasteiger partial charge in [-0.3, -0.25) is 4.79 Å². The summed E-state index contributed by atoms with van der Waals surface area (Å²) in [6.07, 6.45) is 0.912. The molecule has 2 rings (SSSR count). The van der Waals surface area contributed by atoms with E-state index in [9.17, 15) is 4.79 Å². The highest BCUT2D eigenvalue weighted by atomic mass is 35.5. The average molecular weight is 231 g/mol. The van der Waals surface area contributed by atoms with Crippen molar-refractivity contribution in [2.45, 2.75) is 19.3 Å². The van der Waals surface area contributed by atoms with E-state index in [1.807, 2.05) is 19.1 Å². The Kier molecular flexibility index (Phi) is 2.79. The Morgan fingerprint density at radius 1 is 1.71 bits per heavy atom. The molecule has 1 aliphatic carbocycles. The molecule has 0 bridgehead atoms. The molecule has 1 heterocycles. The van der Waals surface area contributed by atoms with Crippen LogP contribution in [0.15, 0.2) is 12.1 Å². The average Bonchev–Trinajstić information content (AvgIpc) is 2.84. The van der Waals surface area contributed by atoms with Crippen LogP contribution in [-0.4, -0.2) is 12.6 Å². The molecule has 0 radical (unpaired) electrons. The van der Waals surface area contributed by atoms with Crippen molar-refractivity contribution in [3.63, 3.8) is 0 Å². The van der Waals surface area contributed by atoms with E-state index in [1.165, 1.54) is 4.88 Å². The predicted octanol–water partition coefficient (Wildman–Crippen LogP) is 3.07. The van der Waals surface area contributed by atoms with Gasteiger partial charge in [0.05, 0.1) is 16.9 Å². The number of carbonyl (C=O) groups excluding carboxylic acids is 1. The lowest BCUT2D eigenvalue weighted by Crippen LogP contribution is -2.06. The molecule has 0 N–H and O–H groups in total. The summed E-state index contributed by atoms with van der Waals surface area (Å²) in [5, 5.41) is 0. The van der Waals surface area contributed by atoms with E-state index in [1.54, 1.807) is 11.3 Å². The van der Waals surface area contributed by atoms with Crippen molar-refractivity contribution in [1.82, 2.24) is 0 Å². The summed E-state index contributed by atoms with van der Waals surface area (Å²) in [5.74, 6) is 0.359. The van der Waals surface area contributed by atoms with Gasteiger partial charge >= 0.3 is 5.97 Å². The van der Waals surface area contributed by atoms with Crippen molar-refractivity contribution in [2.24, 2.45) is 5.92 Å². The molecule has 1 saturated carbocycles. The van der Waals surface area contributed by atoms with Gasteiger partial charge in [-0.2, -0.15) is 0 Å². The number of esters is 1. The Morgan fingerprint density at radius 2 is 2.50 bits per heavy atom. The minimum Gasteiger partial charge on any atom is -0.466 e. The first kappa shape index (κ1) is 9.99. The zero-order chi connectivity index (χ0) is 10.1. The quantitative estimate of drug-likeness (QED) is 0.746. The van der Waals surface area contributed by atoms with E-state index < -0.39 is 0 Å². The number of halogens is 1. The van der Waals surface area contributed by atoms with Gasteiger partial charge in [-0.1, -0.05) is 11.6 Å². The topological polar surface area (TPSA) is 26.3 Å². The largest absolute Gasteiger partial charge is 0.466 e. The highest BCUT2D eigenvalue weighted by molar-refractivity contribution is 7.16. The maximum Gasteiger partial charge on any atom is 0.309 e. The first-order chi connectivity index (χ1) is 6.72. The van der Waals surface area contributed by atoms with Crippen molar-refractivity contribution < 1.29 is 9.53 Å². The zero-order valence-corrected chi connectivity index (χ0v) is 9.40. The minimum absolute atomic E-state index is 0.0676. The minimum atomic E-state index is -0.0676. The fourth-order valence-corrected chi connectivity index (χ4v) is 2.79. The molecule has 1 aromatic rings. The van der Waals surface area contributed by atoms with Gasteiger partial charge in [0.1, 0.15) is 0 Å². The Morgan fingerprint density at radius 3 is 3.07 bits per heavy atom. The molecule has 0 aromatic carbocycles. The first-order valence-corrected chi connectivity index (χ1v) is 5.83. The molecule has 0 saturated heterocycles. The van der Waals surface area contributed by atoms with Crippen molar-refractivity contribution in [1.29, 1.82) is 0 Å². The third-order valence-electron chi connectivity index (χ3n) is 2.34. The van der Waals surface area contributed by atoms with E-state index in [-0.39, 0.29) is 11.9 Å². The number of thiophene rings is 1. The van der Waals surface area contributed by atoms with E-state index in [2.05, 4.69) is 0 Å². The third kappa shape index (κ3) is 1.93. The first-order valence-electron chi connectivity index (χ1n) is 4.64. The molecule has 2 atom stereocenters. The van der Waals surface area contributed by atoms with Crippen LogP contribution in [0, 0.1) is 5.92 Å². The molecule has 0 unspecified atom stereocenters. The standard InChI is InChI=1S/C10H11ClO2S/c1-2-13-10(12)7-5-6(7)8-3-4-9(11)14-8/h3-4,6-7H,2,5H2,1H3/t6-,7-/m0/s1. The van der Waals surface area contributed by atoms with E-state index in [0.29, 0.717) is 12.5 Å². The molecular formula is C10H11ClO2S. The molecule has 1 aliphatic rings. The summed E-state index contributed by atoms with van der Waals surface area (Å²) >= 11 is 7.38. The van der Waals surface area contributed by atoms with Crippen molar-refractivity contribution in [2.75, 3.05) is 6.61 Å². The summed E-state index contributed by atoms with van der Waals surface area (Å²) in [4.78, 5) is 12.5. The molecular weight excluding hydrogens is 220 g/mol. The van der Waals surface area contributed by atoms with Crippen LogP contribution >= 0.6 is 22.9 Å². The summed E-state index contributed by atoms with van der Waals surface area (Å²) < 4.78 is 5.74. The van der Waals surface area contributed by atoms with E-state index >= 15 is 0 Å². The van der Waals surface area contributed by atoms with Gasteiger partial charge < -0.3 is 4.74 Å². The van der Waals surface area contributed by atoms with Gasteiger partial charge in [-0.15, -0.1) is 11.3 Å². The van der Waals surface area contributed by atoms with Gasteiger partial charge in [0.25, 0.3) is 0 Å². The number of carbonyl (C=O) groups is 1. The van der Waals surface area contributed by atoms with E-state index in [0.717, 1.165) is 10.8 Å². The highest BCUT2D eigenvalue weighted by Crippen LogP contribution is 2.50. The molecule has 1 fully saturated rings. The second-order valence-corrected chi connectivity index (χ2v) is 5.09. The van der Waals surface area contributed by atoms with Gasteiger partial charge in [-0.05, 0) is 25.5 Å². The van der Waals surface area contributed by atoms with Crippen LogP contribution < -0.4 is 0 Å². The van der Waals surface area contributed by atoms with Crippen LogP contribution in [0.1, 0.15) is 24.1 Å². The molecule has 4 heteroatoms. The van der Waals surface area contributed by atoms with Gasteiger partial charge in [-0.25, -0.2) is 0 Å². The van der Waals surface area contributed by atoms with Crippen LogP contribution in [0.2, 0.25) is 4.34 Å². The number of ether oxygens (including phenoxy) is 1. The number of hydrogen-bond donors (Lipinski definition) is 0. The normalized spacial score (nSPS) is 24.7. The monoisotopic (exact) mass is 230 g/mol. The van der Waals surface area contributed by atoms with Crippen molar-refractivity contribution >= 4 is 28.9 Å². The lowest BCUT2D eigenvalue weighted by molar-refractivity contribution is -0.144. The van der Waals surface area contributed by atoms with Gasteiger partial charge in [0.2, 0.25) is 0 Å². The SMILES string of the molecule is CCOC(=O)[C@H]1C[C@@H]1c1ccc(Cl)s1. The Labute approximate surface area is 91.8 Å². The Bertz CT molecular complexity index is 348. The van der Waals surface area contributed by atoms with Crippen molar-refractivity contribution in [3.8, 4) is 0 Å². The fourth-order valence-electron chi connectivity index (χ4n) is 1.55. The van der Waals surface area contributed by atoms with Gasteiger partial charge in [0.15, 0.2) is 0 Å². The maximum atomic E-state index is 11.3. The third-order valence-corrected chi connectivity index (χ3v) is 3.70.